The highest BCUT2D eigenvalue weighted by molar-refractivity contribution is 4.93. The minimum atomic E-state index is -0.219. The van der Waals surface area contributed by atoms with Crippen LogP contribution >= 0.6 is 0 Å². The summed E-state index contributed by atoms with van der Waals surface area (Å²) < 4.78 is 5.18. The second kappa shape index (κ2) is 4.32. The molecule has 0 aromatic rings. The van der Waals surface area contributed by atoms with E-state index in [1.54, 1.807) is 14.2 Å². The Morgan fingerprint density at radius 3 is 2.45 bits per heavy atom. The van der Waals surface area contributed by atoms with E-state index in [1.807, 2.05) is 13.8 Å². The van der Waals surface area contributed by atoms with E-state index < -0.39 is 0 Å². The Kier molecular flexibility index (Phi) is 4.09. The zero-order valence-corrected chi connectivity index (χ0v) is 7.64. The van der Waals surface area contributed by atoms with Crippen LogP contribution in [-0.4, -0.2) is 25.8 Å². The van der Waals surface area contributed by atoms with E-state index in [0.717, 1.165) is 0 Å². The lowest BCUT2D eigenvalue weighted by Gasteiger charge is -2.24. The van der Waals surface area contributed by atoms with Crippen molar-refractivity contribution in [3.63, 3.8) is 0 Å². The van der Waals surface area contributed by atoms with Gasteiger partial charge in [-0.2, -0.15) is 5.26 Å². The van der Waals surface area contributed by atoms with Gasteiger partial charge in [0.15, 0.2) is 0 Å². The molecule has 0 spiro atoms. The Balaban J connectivity index is 3.92. The number of nitriles is 1. The van der Waals surface area contributed by atoms with Crippen LogP contribution in [0.25, 0.3) is 0 Å². The molecule has 0 bridgehead atoms. The third-order valence-electron chi connectivity index (χ3n) is 1.75. The number of hydrogen-bond donors (Lipinski definition) is 1. The van der Waals surface area contributed by atoms with Crippen LogP contribution in [0.15, 0.2) is 0 Å². The number of hydrogen-bond acceptors (Lipinski definition) is 3. The van der Waals surface area contributed by atoms with Gasteiger partial charge in [0.25, 0.3) is 0 Å². The summed E-state index contributed by atoms with van der Waals surface area (Å²) in [6.07, 6.45) is 0.705. The SMILES string of the molecule is CNC(C#N)CC(C)(C)OC. The van der Waals surface area contributed by atoms with Crippen molar-refractivity contribution < 1.29 is 4.74 Å². The van der Waals surface area contributed by atoms with Crippen LogP contribution in [0.4, 0.5) is 0 Å². The summed E-state index contributed by atoms with van der Waals surface area (Å²) in [4.78, 5) is 0. The number of rotatable bonds is 4. The summed E-state index contributed by atoms with van der Waals surface area (Å²) in [6.45, 7) is 3.93. The summed E-state index contributed by atoms with van der Waals surface area (Å²) in [5.74, 6) is 0. The average molecular weight is 156 g/mol. The molecule has 11 heavy (non-hydrogen) atoms. The third-order valence-corrected chi connectivity index (χ3v) is 1.75. The first-order chi connectivity index (χ1) is 5.05. The van der Waals surface area contributed by atoms with Gasteiger partial charge in [0.1, 0.15) is 0 Å². The lowest BCUT2D eigenvalue weighted by molar-refractivity contribution is 0.0117. The quantitative estimate of drug-likeness (QED) is 0.658. The first-order valence-corrected chi connectivity index (χ1v) is 3.68. The molecule has 64 valence electrons. The molecular weight excluding hydrogens is 140 g/mol. The van der Waals surface area contributed by atoms with Gasteiger partial charge in [0.2, 0.25) is 0 Å². The van der Waals surface area contributed by atoms with E-state index in [1.165, 1.54) is 0 Å². The van der Waals surface area contributed by atoms with E-state index in [9.17, 15) is 0 Å². The van der Waals surface area contributed by atoms with Gasteiger partial charge in [-0.1, -0.05) is 0 Å². The number of nitrogens with one attached hydrogen (secondary N) is 1. The lowest BCUT2D eigenvalue weighted by Crippen LogP contribution is -2.34. The van der Waals surface area contributed by atoms with Crippen LogP contribution in [0, 0.1) is 11.3 Å². The van der Waals surface area contributed by atoms with Gasteiger partial charge < -0.3 is 10.1 Å². The van der Waals surface area contributed by atoms with Crippen LogP contribution < -0.4 is 5.32 Å². The predicted molar refractivity (Wildman–Crippen MR) is 44.2 cm³/mol. The van der Waals surface area contributed by atoms with E-state index in [4.69, 9.17) is 10.00 Å². The minimum absolute atomic E-state index is 0.120. The summed E-state index contributed by atoms with van der Waals surface area (Å²) in [5.41, 5.74) is -0.219. The number of nitrogens with zero attached hydrogens (tertiary/aromatic N) is 1. The van der Waals surface area contributed by atoms with Gasteiger partial charge in [0, 0.05) is 13.5 Å². The normalized spacial score (nSPS) is 14.1. The molecule has 0 aromatic heterocycles. The maximum absolute atomic E-state index is 8.62. The van der Waals surface area contributed by atoms with Crippen molar-refractivity contribution in [2.75, 3.05) is 14.2 Å². The number of ether oxygens (including phenoxy) is 1. The number of methoxy groups -OCH3 is 1. The zero-order chi connectivity index (χ0) is 8.91. The highest BCUT2D eigenvalue weighted by Crippen LogP contribution is 2.14. The summed E-state index contributed by atoms with van der Waals surface area (Å²) >= 11 is 0. The van der Waals surface area contributed by atoms with Crippen molar-refractivity contribution in [2.45, 2.75) is 31.9 Å². The Bertz CT molecular complexity index is 149. The van der Waals surface area contributed by atoms with Crippen molar-refractivity contribution in [3.05, 3.63) is 0 Å². The van der Waals surface area contributed by atoms with Crippen LogP contribution in [-0.2, 0) is 4.74 Å². The first-order valence-electron chi connectivity index (χ1n) is 3.68. The van der Waals surface area contributed by atoms with Crippen molar-refractivity contribution in [3.8, 4) is 6.07 Å². The molecule has 1 N–H and O–H groups in total. The molecule has 0 saturated heterocycles. The Labute approximate surface area is 68.3 Å². The second-order valence-electron chi connectivity index (χ2n) is 3.14. The second-order valence-corrected chi connectivity index (χ2v) is 3.14. The van der Waals surface area contributed by atoms with Gasteiger partial charge in [-0.15, -0.1) is 0 Å². The van der Waals surface area contributed by atoms with Crippen LogP contribution in [0.2, 0.25) is 0 Å². The molecule has 0 aliphatic rings. The summed E-state index contributed by atoms with van der Waals surface area (Å²) in [6, 6.07) is 2.03. The molecule has 0 aliphatic carbocycles. The van der Waals surface area contributed by atoms with Crippen LogP contribution in [0.3, 0.4) is 0 Å². The Morgan fingerprint density at radius 2 is 2.18 bits per heavy atom. The molecule has 0 aromatic carbocycles. The molecule has 0 amide bonds. The monoisotopic (exact) mass is 156 g/mol. The highest BCUT2D eigenvalue weighted by Gasteiger charge is 2.21. The molecule has 1 unspecified atom stereocenters. The molecule has 0 heterocycles. The third kappa shape index (κ3) is 3.97. The lowest BCUT2D eigenvalue weighted by atomic mass is 10.00. The van der Waals surface area contributed by atoms with E-state index in [0.29, 0.717) is 6.42 Å². The summed E-state index contributed by atoms with van der Waals surface area (Å²) in [7, 11) is 3.43. The van der Waals surface area contributed by atoms with Crippen molar-refractivity contribution >= 4 is 0 Å². The molecular formula is C8H16N2O. The highest BCUT2D eigenvalue weighted by atomic mass is 16.5. The van der Waals surface area contributed by atoms with Crippen molar-refractivity contribution in [1.29, 1.82) is 5.26 Å². The van der Waals surface area contributed by atoms with E-state index >= 15 is 0 Å². The smallest absolute Gasteiger partial charge is 0.0977 e. The van der Waals surface area contributed by atoms with Gasteiger partial charge in [-0.3, -0.25) is 0 Å². The van der Waals surface area contributed by atoms with Crippen LogP contribution in [0.5, 0.6) is 0 Å². The average Bonchev–Trinajstić information content (AvgIpc) is 2.00. The summed E-state index contributed by atoms with van der Waals surface area (Å²) in [5, 5.41) is 11.5. The van der Waals surface area contributed by atoms with Gasteiger partial charge in [0.05, 0.1) is 17.7 Å². The zero-order valence-electron chi connectivity index (χ0n) is 7.64. The maximum atomic E-state index is 8.62. The molecule has 0 aliphatic heterocycles. The fraction of sp³-hybridized carbons (Fsp3) is 0.875. The van der Waals surface area contributed by atoms with Crippen molar-refractivity contribution in [2.24, 2.45) is 0 Å². The molecule has 0 saturated carbocycles. The Hall–Kier alpha value is -0.590. The van der Waals surface area contributed by atoms with Crippen molar-refractivity contribution in [1.82, 2.24) is 5.32 Å². The largest absolute Gasteiger partial charge is 0.379 e. The van der Waals surface area contributed by atoms with Gasteiger partial charge in [-0.05, 0) is 20.9 Å². The predicted octanol–water partition coefficient (Wildman–Crippen LogP) is 0.913. The fourth-order valence-corrected chi connectivity index (χ4v) is 0.787. The fourth-order valence-electron chi connectivity index (χ4n) is 0.787. The standard InChI is InChI=1S/C8H16N2O/c1-8(2,11-4)5-7(6-9)10-3/h7,10H,5H2,1-4H3. The molecule has 1 atom stereocenters. The topological polar surface area (TPSA) is 45.0 Å². The molecule has 0 radical (unpaired) electrons. The van der Waals surface area contributed by atoms with Gasteiger partial charge >= 0.3 is 0 Å². The first kappa shape index (κ1) is 10.4. The van der Waals surface area contributed by atoms with Gasteiger partial charge in [-0.25, -0.2) is 0 Å². The molecule has 0 fully saturated rings. The Morgan fingerprint density at radius 1 is 1.64 bits per heavy atom. The molecule has 3 nitrogen and oxygen atoms in total. The molecule has 0 rings (SSSR count). The van der Waals surface area contributed by atoms with E-state index in [-0.39, 0.29) is 11.6 Å². The minimum Gasteiger partial charge on any atom is -0.379 e. The van der Waals surface area contributed by atoms with Crippen LogP contribution in [0.1, 0.15) is 20.3 Å². The van der Waals surface area contributed by atoms with E-state index in [2.05, 4.69) is 11.4 Å². The molecule has 3 heteroatoms. The maximum Gasteiger partial charge on any atom is 0.0977 e.